The van der Waals surface area contributed by atoms with E-state index in [4.69, 9.17) is 10.5 Å². The number of hydrogen-bond donors (Lipinski definition) is 2. The van der Waals surface area contributed by atoms with Crippen molar-refractivity contribution >= 4 is 11.8 Å². The van der Waals surface area contributed by atoms with Crippen molar-refractivity contribution in [3.63, 3.8) is 0 Å². The van der Waals surface area contributed by atoms with Crippen LogP contribution in [0.1, 0.15) is 15.9 Å². The molecular formula is C17H15F3N2O3. The molecule has 132 valence electrons. The summed E-state index contributed by atoms with van der Waals surface area (Å²) in [7, 11) is 1.49. The molecule has 8 heteroatoms. The van der Waals surface area contributed by atoms with Gasteiger partial charge >= 0.3 is 0 Å². The molecule has 0 radical (unpaired) electrons. The highest BCUT2D eigenvalue weighted by Crippen LogP contribution is 2.16. The summed E-state index contributed by atoms with van der Waals surface area (Å²) in [6.07, 6.45) is 0.00942. The van der Waals surface area contributed by atoms with Gasteiger partial charge in [-0.2, -0.15) is 0 Å². The summed E-state index contributed by atoms with van der Waals surface area (Å²) in [6.45, 7) is 0. The van der Waals surface area contributed by atoms with Crippen LogP contribution in [0.15, 0.2) is 36.4 Å². The maximum Gasteiger partial charge on any atom is 0.257 e. The fourth-order valence-electron chi connectivity index (χ4n) is 2.21. The van der Waals surface area contributed by atoms with Crippen molar-refractivity contribution in [2.75, 3.05) is 7.11 Å². The van der Waals surface area contributed by atoms with E-state index in [0.29, 0.717) is 23.4 Å². The van der Waals surface area contributed by atoms with Crippen LogP contribution in [0.2, 0.25) is 0 Å². The molecule has 2 rings (SSSR count). The Balaban J connectivity index is 2.18. The fraction of sp³-hybridized carbons (Fsp3) is 0.176. The minimum atomic E-state index is -1.37. The smallest absolute Gasteiger partial charge is 0.257 e. The zero-order valence-electron chi connectivity index (χ0n) is 13.2. The average Bonchev–Trinajstić information content (AvgIpc) is 2.53. The Bertz CT molecular complexity index is 771. The Labute approximate surface area is 141 Å². The quantitative estimate of drug-likeness (QED) is 0.834. The van der Waals surface area contributed by atoms with Crippen molar-refractivity contribution in [2.24, 2.45) is 5.73 Å². The monoisotopic (exact) mass is 352 g/mol. The minimum Gasteiger partial charge on any atom is -0.497 e. The Kier molecular flexibility index (Phi) is 5.63. The third kappa shape index (κ3) is 4.50. The number of amides is 2. The molecular weight excluding hydrogens is 337 g/mol. The molecule has 2 aromatic carbocycles. The average molecular weight is 352 g/mol. The van der Waals surface area contributed by atoms with E-state index in [2.05, 4.69) is 5.32 Å². The van der Waals surface area contributed by atoms with Gasteiger partial charge in [0.15, 0.2) is 0 Å². The second kappa shape index (κ2) is 7.69. The number of carbonyl (C=O) groups is 2. The third-order valence-electron chi connectivity index (χ3n) is 3.48. The van der Waals surface area contributed by atoms with Crippen molar-refractivity contribution in [3.05, 3.63) is 65.0 Å². The Morgan fingerprint density at radius 3 is 2.16 bits per heavy atom. The van der Waals surface area contributed by atoms with Crippen LogP contribution in [-0.2, 0) is 11.2 Å². The molecule has 0 aliphatic heterocycles. The van der Waals surface area contributed by atoms with Gasteiger partial charge in [0.25, 0.3) is 5.91 Å². The summed E-state index contributed by atoms with van der Waals surface area (Å²) in [5.41, 5.74) is 4.90. The maximum atomic E-state index is 13.7. The van der Waals surface area contributed by atoms with Crippen LogP contribution >= 0.6 is 0 Å². The highest BCUT2D eigenvalue weighted by molar-refractivity contribution is 5.97. The summed E-state index contributed by atoms with van der Waals surface area (Å²) in [5, 5.41) is 2.16. The molecule has 5 nitrogen and oxygen atoms in total. The topological polar surface area (TPSA) is 81.4 Å². The highest BCUT2D eigenvalue weighted by atomic mass is 19.1. The number of hydrogen-bond acceptors (Lipinski definition) is 3. The Morgan fingerprint density at radius 2 is 1.68 bits per heavy atom. The molecule has 0 aliphatic carbocycles. The number of halogens is 3. The lowest BCUT2D eigenvalue weighted by Gasteiger charge is -2.16. The highest BCUT2D eigenvalue weighted by Gasteiger charge is 2.24. The van der Waals surface area contributed by atoms with Gasteiger partial charge in [-0.05, 0) is 17.7 Å². The predicted molar refractivity (Wildman–Crippen MR) is 83.5 cm³/mol. The number of methoxy groups -OCH3 is 1. The Hall–Kier alpha value is -3.03. The first-order valence-electron chi connectivity index (χ1n) is 7.19. The molecule has 0 heterocycles. The van der Waals surface area contributed by atoms with E-state index in [1.807, 2.05) is 0 Å². The molecule has 0 unspecified atom stereocenters. The van der Waals surface area contributed by atoms with Crippen LogP contribution in [0.5, 0.6) is 5.75 Å². The number of carbonyl (C=O) groups excluding carboxylic acids is 2. The first-order valence-corrected chi connectivity index (χ1v) is 7.19. The molecule has 1 atom stereocenters. The van der Waals surface area contributed by atoms with Crippen LogP contribution in [0.4, 0.5) is 13.2 Å². The Morgan fingerprint density at radius 1 is 1.12 bits per heavy atom. The molecule has 0 bridgehead atoms. The molecule has 0 fully saturated rings. The molecule has 2 aromatic rings. The lowest BCUT2D eigenvalue weighted by molar-refractivity contribution is -0.119. The number of ether oxygens (including phenoxy) is 1. The summed E-state index contributed by atoms with van der Waals surface area (Å²) in [6, 6.07) is 6.15. The first kappa shape index (κ1) is 18.3. The van der Waals surface area contributed by atoms with Crippen molar-refractivity contribution in [1.82, 2.24) is 5.32 Å². The minimum absolute atomic E-state index is 0.00942. The van der Waals surface area contributed by atoms with Gasteiger partial charge in [0, 0.05) is 18.6 Å². The van der Waals surface area contributed by atoms with Gasteiger partial charge in [0.1, 0.15) is 34.8 Å². The van der Waals surface area contributed by atoms with Gasteiger partial charge in [-0.3, -0.25) is 9.59 Å². The summed E-state index contributed by atoms with van der Waals surface area (Å²) in [4.78, 5) is 23.6. The molecule has 0 aliphatic rings. The molecule has 25 heavy (non-hydrogen) atoms. The van der Waals surface area contributed by atoms with E-state index < -0.39 is 40.9 Å². The van der Waals surface area contributed by atoms with E-state index in [0.717, 1.165) is 0 Å². The standard InChI is InChI=1S/C17H15F3N2O3/c1-25-11-4-2-9(3-5-11)6-14(16(21)23)22-17(24)15-12(19)7-10(18)8-13(15)20/h2-5,7-8,14H,6H2,1H3,(H2,21,23)(H,22,24)/t14-/m0/s1. The van der Waals surface area contributed by atoms with Crippen molar-refractivity contribution < 1.29 is 27.5 Å². The number of primary amides is 1. The molecule has 0 saturated heterocycles. The van der Waals surface area contributed by atoms with Crippen LogP contribution in [0, 0.1) is 17.5 Å². The second-order valence-corrected chi connectivity index (χ2v) is 5.23. The van der Waals surface area contributed by atoms with E-state index in [-0.39, 0.29) is 6.42 Å². The predicted octanol–water partition coefficient (Wildman–Crippen LogP) is 1.94. The number of rotatable bonds is 6. The zero-order valence-corrected chi connectivity index (χ0v) is 13.2. The van der Waals surface area contributed by atoms with Gasteiger partial charge < -0.3 is 15.8 Å². The molecule has 0 aromatic heterocycles. The van der Waals surface area contributed by atoms with Crippen molar-refractivity contribution in [1.29, 1.82) is 0 Å². The maximum absolute atomic E-state index is 13.7. The number of benzene rings is 2. The van der Waals surface area contributed by atoms with Crippen molar-refractivity contribution in [2.45, 2.75) is 12.5 Å². The molecule has 2 amide bonds. The van der Waals surface area contributed by atoms with E-state index >= 15 is 0 Å². The zero-order chi connectivity index (χ0) is 18.6. The summed E-state index contributed by atoms with van der Waals surface area (Å²) >= 11 is 0. The van der Waals surface area contributed by atoms with Gasteiger partial charge in [-0.1, -0.05) is 12.1 Å². The van der Waals surface area contributed by atoms with E-state index in [9.17, 15) is 22.8 Å². The number of nitrogens with two attached hydrogens (primary N) is 1. The molecule has 3 N–H and O–H groups in total. The molecule has 0 spiro atoms. The van der Waals surface area contributed by atoms with Gasteiger partial charge in [-0.25, -0.2) is 13.2 Å². The largest absolute Gasteiger partial charge is 0.497 e. The fourth-order valence-corrected chi connectivity index (χ4v) is 2.21. The van der Waals surface area contributed by atoms with E-state index in [1.54, 1.807) is 24.3 Å². The van der Waals surface area contributed by atoms with Crippen molar-refractivity contribution in [3.8, 4) is 5.75 Å². The van der Waals surface area contributed by atoms with Crippen LogP contribution in [0.25, 0.3) is 0 Å². The SMILES string of the molecule is COc1ccc(C[C@H](NC(=O)c2c(F)cc(F)cc2F)C(N)=O)cc1. The van der Waals surface area contributed by atoms with Gasteiger partial charge in [-0.15, -0.1) is 0 Å². The number of nitrogens with one attached hydrogen (secondary N) is 1. The van der Waals surface area contributed by atoms with E-state index in [1.165, 1.54) is 7.11 Å². The van der Waals surface area contributed by atoms with Crippen LogP contribution in [-0.4, -0.2) is 25.0 Å². The summed E-state index contributed by atoms with van der Waals surface area (Å²) in [5.74, 6) is -5.39. The molecule has 0 saturated carbocycles. The van der Waals surface area contributed by atoms with Gasteiger partial charge in [0.05, 0.1) is 7.11 Å². The first-order chi connectivity index (χ1) is 11.8. The van der Waals surface area contributed by atoms with Crippen LogP contribution in [0.3, 0.4) is 0 Å². The third-order valence-corrected chi connectivity index (χ3v) is 3.48. The second-order valence-electron chi connectivity index (χ2n) is 5.23. The van der Waals surface area contributed by atoms with Gasteiger partial charge in [0.2, 0.25) is 5.91 Å². The summed E-state index contributed by atoms with van der Waals surface area (Å²) < 4.78 is 45.2. The lowest BCUT2D eigenvalue weighted by atomic mass is 10.0. The lowest BCUT2D eigenvalue weighted by Crippen LogP contribution is -2.46. The normalized spacial score (nSPS) is 11.7. The van der Waals surface area contributed by atoms with Crippen LogP contribution < -0.4 is 15.8 Å².